The van der Waals surface area contributed by atoms with E-state index in [4.69, 9.17) is 10.8 Å². The van der Waals surface area contributed by atoms with E-state index in [0.29, 0.717) is 18.9 Å². The van der Waals surface area contributed by atoms with E-state index in [0.717, 1.165) is 12.8 Å². The highest BCUT2D eigenvalue weighted by Crippen LogP contribution is 2.23. The van der Waals surface area contributed by atoms with Gasteiger partial charge in [0.05, 0.1) is 0 Å². The topological polar surface area (TPSA) is 83.6 Å². The van der Waals surface area contributed by atoms with Gasteiger partial charge >= 0.3 is 5.97 Å². The Morgan fingerprint density at radius 2 is 2.18 bits per heavy atom. The first-order chi connectivity index (χ1) is 7.95. The van der Waals surface area contributed by atoms with Crippen LogP contribution in [-0.4, -0.2) is 40.5 Å². The molecule has 0 radical (unpaired) electrons. The number of likely N-dealkylation sites (tertiary alicyclic amines) is 1. The number of amides is 1. The lowest BCUT2D eigenvalue weighted by Gasteiger charge is -2.36. The van der Waals surface area contributed by atoms with Crippen LogP contribution in [0.5, 0.6) is 0 Å². The number of piperidine rings is 1. The van der Waals surface area contributed by atoms with Gasteiger partial charge in [-0.05, 0) is 25.2 Å². The van der Waals surface area contributed by atoms with Crippen LogP contribution in [0, 0.1) is 5.92 Å². The minimum Gasteiger partial charge on any atom is -0.480 e. The molecule has 3 atom stereocenters. The lowest BCUT2D eigenvalue weighted by molar-refractivity contribution is -0.153. The zero-order valence-electron chi connectivity index (χ0n) is 10.6. The molecule has 3 N–H and O–H groups in total. The molecule has 0 aliphatic carbocycles. The fourth-order valence-corrected chi connectivity index (χ4v) is 2.16. The fraction of sp³-hybridized carbons (Fsp3) is 0.833. The second-order valence-corrected chi connectivity index (χ2v) is 4.94. The van der Waals surface area contributed by atoms with Crippen LogP contribution in [0.25, 0.3) is 0 Å². The Balaban J connectivity index is 2.66. The smallest absolute Gasteiger partial charge is 0.326 e. The SMILES string of the molecule is CCC(N)CC(=O)N1CCC(C)CC1C(=O)O. The molecule has 0 spiro atoms. The first-order valence-electron chi connectivity index (χ1n) is 6.23. The van der Waals surface area contributed by atoms with Gasteiger partial charge in [-0.15, -0.1) is 0 Å². The van der Waals surface area contributed by atoms with Crippen LogP contribution in [-0.2, 0) is 9.59 Å². The van der Waals surface area contributed by atoms with E-state index in [9.17, 15) is 9.59 Å². The molecular weight excluding hydrogens is 220 g/mol. The summed E-state index contributed by atoms with van der Waals surface area (Å²) in [6.07, 6.45) is 2.39. The van der Waals surface area contributed by atoms with Crippen LogP contribution in [0.1, 0.15) is 39.5 Å². The Hall–Kier alpha value is -1.10. The van der Waals surface area contributed by atoms with Crippen LogP contribution in [0.2, 0.25) is 0 Å². The molecule has 1 aliphatic heterocycles. The molecule has 0 aromatic carbocycles. The average molecular weight is 242 g/mol. The van der Waals surface area contributed by atoms with Gasteiger partial charge in [0.2, 0.25) is 5.91 Å². The third-order valence-electron chi connectivity index (χ3n) is 3.43. The van der Waals surface area contributed by atoms with Gasteiger partial charge in [0.25, 0.3) is 0 Å². The van der Waals surface area contributed by atoms with Crippen molar-refractivity contribution >= 4 is 11.9 Å². The number of hydrogen-bond acceptors (Lipinski definition) is 3. The molecule has 3 unspecified atom stereocenters. The summed E-state index contributed by atoms with van der Waals surface area (Å²) in [5.74, 6) is -0.673. The van der Waals surface area contributed by atoms with Crippen molar-refractivity contribution in [2.24, 2.45) is 11.7 Å². The number of rotatable bonds is 4. The molecular formula is C12H22N2O3. The highest BCUT2D eigenvalue weighted by atomic mass is 16.4. The maximum atomic E-state index is 12.0. The highest BCUT2D eigenvalue weighted by Gasteiger charge is 2.34. The minimum absolute atomic E-state index is 0.126. The van der Waals surface area contributed by atoms with Gasteiger partial charge in [-0.3, -0.25) is 4.79 Å². The van der Waals surface area contributed by atoms with E-state index in [2.05, 4.69) is 0 Å². The number of nitrogens with zero attached hydrogens (tertiary/aromatic N) is 1. The molecule has 0 bridgehead atoms. The Morgan fingerprint density at radius 1 is 1.53 bits per heavy atom. The largest absolute Gasteiger partial charge is 0.480 e. The third-order valence-corrected chi connectivity index (χ3v) is 3.43. The predicted octanol–water partition coefficient (Wildman–Crippen LogP) is 0.825. The number of carbonyl (C=O) groups excluding carboxylic acids is 1. The fourth-order valence-electron chi connectivity index (χ4n) is 2.16. The van der Waals surface area contributed by atoms with E-state index in [-0.39, 0.29) is 18.4 Å². The second-order valence-electron chi connectivity index (χ2n) is 4.94. The summed E-state index contributed by atoms with van der Waals surface area (Å²) in [5.41, 5.74) is 5.73. The van der Waals surface area contributed by atoms with Crippen LogP contribution < -0.4 is 5.73 Å². The summed E-state index contributed by atoms with van der Waals surface area (Å²) in [4.78, 5) is 24.6. The molecule has 1 amide bonds. The third kappa shape index (κ3) is 3.70. The molecule has 1 aliphatic rings. The Morgan fingerprint density at radius 3 is 2.71 bits per heavy atom. The standard InChI is InChI=1S/C12H22N2O3/c1-3-9(13)7-11(15)14-5-4-8(2)6-10(14)12(16)17/h8-10H,3-7,13H2,1-2H3,(H,16,17). The van der Waals surface area contributed by atoms with Crippen molar-refractivity contribution in [1.82, 2.24) is 4.90 Å². The van der Waals surface area contributed by atoms with Gasteiger partial charge in [-0.25, -0.2) is 4.79 Å². The molecule has 17 heavy (non-hydrogen) atoms. The quantitative estimate of drug-likeness (QED) is 0.764. The van der Waals surface area contributed by atoms with E-state index < -0.39 is 12.0 Å². The summed E-state index contributed by atoms with van der Waals surface area (Å²) in [7, 11) is 0. The van der Waals surface area contributed by atoms with Crippen molar-refractivity contribution in [3.63, 3.8) is 0 Å². The molecule has 0 saturated carbocycles. The van der Waals surface area contributed by atoms with Gasteiger partial charge in [0, 0.05) is 19.0 Å². The van der Waals surface area contributed by atoms with Crippen molar-refractivity contribution in [3.05, 3.63) is 0 Å². The molecule has 1 rings (SSSR count). The molecule has 5 heteroatoms. The molecule has 1 fully saturated rings. The average Bonchev–Trinajstić information content (AvgIpc) is 2.28. The Bertz CT molecular complexity index is 293. The lowest BCUT2D eigenvalue weighted by Crippen LogP contribution is -2.50. The van der Waals surface area contributed by atoms with Gasteiger partial charge < -0.3 is 15.7 Å². The molecule has 98 valence electrons. The minimum atomic E-state index is -0.907. The van der Waals surface area contributed by atoms with Crippen LogP contribution >= 0.6 is 0 Å². The molecule has 5 nitrogen and oxygen atoms in total. The van der Waals surface area contributed by atoms with Crippen LogP contribution in [0.4, 0.5) is 0 Å². The van der Waals surface area contributed by atoms with Gasteiger partial charge in [0.15, 0.2) is 0 Å². The summed E-state index contributed by atoms with van der Waals surface area (Å²) in [6.45, 7) is 4.48. The Kier molecular flexibility index (Phi) is 4.93. The zero-order valence-corrected chi connectivity index (χ0v) is 10.6. The van der Waals surface area contributed by atoms with Gasteiger partial charge in [0.1, 0.15) is 6.04 Å². The first kappa shape index (κ1) is 14.0. The summed E-state index contributed by atoms with van der Waals surface area (Å²) < 4.78 is 0. The van der Waals surface area contributed by atoms with Crippen molar-refractivity contribution in [2.45, 2.75) is 51.6 Å². The molecule has 1 saturated heterocycles. The number of nitrogens with two attached hydrogens (primary N) is 1. The normalized spacial score (nSPS) is 26.6. The number of hydrogen-bond donors (Lipinski definition) is 2. The van der Waals surface area contributed by atoms with E-state index in [1.165, 1.54) is 4.90 Å². The number of carboxylic acids is 1. The monoisotopic (exact) mass is 242 g/mol. The predicted molar refractivity (Wildman–Crippen MR) is 64.4 cm³/mol. The van der Waals surface area contributed by atoms with Gasteiger partial charge in [-0.1, -0.05) is 13.8 Å². The van der Waals surface area contributed by atoms with E-state index >= 15 is 0 Å². The second kappa shape index (κ2) is 6.00. The van der Waals surface area contributed by atoms with Crippen LogP contribution in [0.15, 0.2) is 0 Å². The zero-order chi connectivity index (χ0) is 13.0. The molecule has 1 heterocycles. The van der Waals surface area contributed by atoms with Crippen molar-refractivity contribution in [2.75, 3.05) is 6.54 Å². The number of aliphatic carboxylic acids is 1. The Labute approximate surface area is 102 Å². The lowest BCUT2D eigenvalue weighted by atomic mass is 9.92. The van der Waals surface area contributed by atoms with Crippen molar-refractivity contribution in [1.29, 1.82) is 0 Å². The number of carboxylic acid groups (broad SMARTS) is 1. The molecule has 0 aromatic heterocycles. The summed E-state index contributed by atoms with van der Waals surface area (Å²) in [6, 6.07) is -0.841. The van der Waals surface area contributed by atoms with E-state index in [1.807, 2.05) is 13.8 Å². The maximum absolute atomic E-state index is 12.0. The highest BCUT2D eigenvalue weighted by molar-refractivity contribution is 5.84. The van der Waals surface area contributed by atoms with E-state index in [1.54, 1.807) is 0 Å². The summed E-state index contributed by atoms with van der Waals surface area (Å²) in [5, 5.41) is 9.14. The summed E-state index contributed by atoms with van der Waals surface area (Å²) >= 11 is 0. The molecule has 0 aromatic rings. The maximum Gasteiger partial charge on any atom is 0.326 e. The van der Waals surface area contributed by atoms with Gasteiger partial charge in [-0.2, -0.15) is 0 Å². The van der Waals surface area contributed by atoms with Crippen molar-refractivity contribution < 1.29 is 14.7 Å². The van der Waals surface area contributed by atoms with Crippen molar-refractivity contribution in [3.8, 4) is 0 Å². The first-order valence-corrected chi connectivity index (χ1v) is 6.23. The van der Waals surface area contributed by atoms with Crippen LogP contribution in [0.3, 0.4) is 0 Å². The number of carbonyl (C=O) groups is 2.